The number of furan rings is 3. The lowest BCUT2D eigenvalue weighted by molar-refractivity contribution is 0.668. The predicted molar refractivity (Wildman–Crippen MR) is 610 cm³/mol. The Balaban J connectivity index is 0.000000116. The molecule has 0 bridgehead atoms. The van der Waals surface area contributed by atoms with Gasteiger partial charge in [-0.3, -0.25) is 0 Å². The summed E-state index contributed by atoms with van der Waals surface area (Å²) < 4.78 is 152. The van der Waals surface area contributed by atoms with Crippen molar-refractivity contribution < 1.29 is 33.8 Å². The highest BCUT2D eigenvalue weighted by Crippen LogP contribution is 2.48. The molecule has 0 saturated carbocycles. The van der Waals surface area contributed by atoms with Gasteiger partial charge in [0.1, 0.15) is 33.5 Å². The third-order valence-electron chi connectivity index (χ3n) is 27.4. The molecule has 9 aromatic heterocycles. The van der Waals surface area contributed by atoms with Crippen LogP contribution < -0.4 is 0 Å². The standard InChI is InChI=1S/3C45H28N4O/c1-4-14-29(15-5-1)33-21-12-23-37-41(33)34-20-10-11-22-36(34)49(37)38-24-13-25-39-42(38)35-27-26-32(28-40(35)50-39)45-47-43(30-16-6-2-7-17-30)46-44(48-45)31-18-8-3-9-19-31;1-4-13-29(14-5-1)32-24-26-38-36(27-32)34-19-10-11-20-37(34)49(38)39-21-12-22-40-42(39)35-25-23-33(28-41(35)50-40)45-47-43(30-15-6-2-7-16-30)46-44(48-45)31-17-8-3-9-18-31;1-4-13-29(14-5-1)32-23-25-35-34-19-10-11-20-37(34)49(39(35)27-32)38-21-12-22-40-42(38)36-26-24-33(28-41(36)50-40)45-47-43(30-15-6-2-7-16-30)46-44(48-45)31-17-8-3-9-18-31/h3*1-28H/i2D,6D,7D,16D,17D;2*2D,6D,7D,15D,16D. The molecule has 0 spiro atoms. The molecule has 0 aliphatic carbocycles. The van der Waals surface area contributed by atoms with E-state index in [1.807, 2.05) is 200 Å². The van der Waals surface area contributed by atoms with E-state index >= 15 is 0 Å². The van der Waals surface area contributed by atoms with Crippen molar-refractivity contribution in [2.24, 2.45) is 0 Å². The Morgan fingerprint density at radius 3 is 0.827 bits per heavy atom. The lowest BCUT2D eigenvalue weighted by atomic mass is 9.99. The Labute approximate surface area is 880 Å². The van der Waals surface area contributed by atoms with Crippen molar-refractivity contribution in [1.29, 1.82) is 0 Å². The number of hydrogen-bond acceptors (Lipinski definition) is 12. The topological polar surface area (TPSA) is 170 Å². The molecule has 702 valence electrons. The average Bonchev–Trinajstić information content (AvgIpc) is 1.57. The van der Waals surface area contributed by atoms with Gasteiger partial charge < -0.3 is 27.0 Å². The van der Waals surface area contributed by atoms with Crippen molar-refractivity contribution in [1.82, 2.24) is 58.6 Å². The second-order valence-electron chi connectivity index (χ2n) is 36.2. The normalized spacial score (nSPS) is 13.0. The van der Waals surface area contributed by atoms with Crippen LogP contribution >= 0.6 is 0 Å². The zero-order valence-electron chi connectivity index (χ0n) is 94.4. The summed E-state index contributed by atoms with van der Waals surface area (Å²) in [5.41, 5.74) is 24.0. The highest BCUT2D eigenvalue weighted by Gasteiger charge is 2.27. The fourth-order valence-electron chi connectivity index (χ4n) is 20.7. The average molecular weight is 1940 g/mol. The van der Waals surface area contributed by atoms with E-state index in [9.17, 15) is 0 Å². The van der Waals surface area contributed by atoms with Crippen LogP contribution in [-0.4, -0.2) is 58.6 Å². The zero-order valence-corrected chi connectivity index (χ0v) is 79.4. The van der Waals surface area contributed by atoms with E-state index in [2.05, 4.69) is 247 Å². The van der Waals surface area contributed by atoms with Crippen molar-refractivity contribution in [3.63, 3.8) is 0 Å². The maximum atomic E-state index is 8.64. The number of para-hydroxylation sites is 3. The van der Waals surface area contributed by atoms with Gasteiger partial charge in [0.15, 0.2) is 52.4 Å². The van der Waals surface area contributed by atoms with Gasteiger partial charge in [-0.05, 0) is 149 Å². The summed E-state index contributed by atoms with van der Waals surface area (Å²) in [7, 11) is 0. The van der Waals surface area contributed by atoms with E-state index in [0.717, 1.165) is 160 Å². The Hall–Kier alpha value is -20.6. The molecule has 30 rings (SSSR count). The van der Waals surface area contributed by atoms with Gasteiger partial charge in [0.25, 0.3) is 0 Å². The van der Waals surface area contributed by atoms with Gasteiger partial charge in [0.05, 0.1) is 86.9 Å². The Morgan fingerprint density at radius 1 is 0.153 bits per heavy atom. The van der Waals surface area contributed by atoms with Crippen LogP contribution in [0.25, 0.3) is 284 Å². The number of fused-ring (bicyclic) bond motifs is 18. The Bertz CT molecular complexity index is 11100. The van der Waals surface area contributed by atoms with Crippen molar-refractivity contribution in [2.75, 3.05) is 0 Å². The SMILES string of the molecule is [2H]c1c([2H])c([2H])c(-c2nc(-c3ccccc3)nc(-c3ccc4c(c3)oc3cccc(-n5c6ccccc6c6c(-c7ccccc7)cccc65)c34)n2)c([2H])c1[2H].[2H]c1c([2H])c([2H])c(-c2nc(-c3ccccc3)nc(-c3ccc4c(c3)oc3cccc(-n5c6ccccc6c6cc(-c7ccccc7)ccc65)c34)n2)c([2H])c1[2H].[2H]c1c([2H])c([2H])c(-c2nc(-c3ccccc3)nc(-c3ccc4c(c3)oc3cccc(-n5c6ccccc6c6ccc(-c7ccccc7)cc65)c34)n2)c([2H])c1[2H]. The monoisotopic (exact) mass is 1940 g/mol. The van der Waals surface area contributed by atoms with E-state index in [1.165, 1.54) is 5.39 Å². The van der Waals surface area contributed by atoms with E-state index in [-0.39, 0.29) is 87.9 Å². The maximum absolute atomic E-state index is 8.64. The van der Waals surface area contributed by atoms with Crippen molar-refractivity contribution in [2.45, 2.75) is 0 Å². The lowest BCUT2D eigenvalue weighted by Crippen LogP contribution is -2.00. The second-order valence-corrected chi connectivity index (χ2v) is 36.2. The smallest absolute Gasteiger partial charge is 0.164 e. The first kappa shape index (κ1) is 72.7. The number of hydrogen-bond donors (Lipinski definition) is 0. The van der Waals surface area contributed by atoms with Crippen LogP contribution in [-0.2, 0) is 0 Å². The maximum Gasteiger partial charge on any atom is 0.164 e. The van der Waals surface area contributed by atoms with E-state index in [1.54, 1.807) is 0 Å². The number of nitrogens with zero attached hydrogens (tertiary/aromatic N) is 12. The fourth-order valence-corrected chi connectivity index (χ4v) is 20.7. The molecule has 0 N–H and O–H groups in total. The molecule has 9 heterocycles. The molecule has 0 fully saturated rings. The molecule has 0 aliphatic rings. The molecule has 0 atom stereocenters. The van der Waals surface area contributed by atoms with Crippen LogP contribution in [0.3, 0.4) is 0 Å². The largest absolute Gasteiger partial charge is 0.456 e. The van der Waals surface area contributed by atoms with Crippen LogP contribution in [0.5, 0.6) is 0 Å². The molecule has 30 aromatic rings. The summed E-state index contributed by atoms with van der Waals surface area (Å²) in [6.07, 6.45) is 0. The minimum atomic E-state index is -0.483. The van der Waals surface area contributed by atoms with Crippen LogP contribution in [0.2, 0.25) is 0 Å². The first-order chi connectivity index (χ1) is 80.6. The van der Waals surface area contributed by atoms with E-state index in [4.69, 9.17) is 63.7 Å². The third-order valence-corrected chi connectivity index (χ3v) is 27.4. The quantitative estimate of drug-likeness (QED) is 0.0953. The van der Waals surface area contributed by atoms with Crippen LogP contribution in [0.4, 0.5) is 0 Å². The molecule has 0 unspecified atom stereocenters. The first-order valence-corrected chi connectivity index (χ1v) is 48.9. The van der Waals surface area contributed by atoms with E-state index in [0.29, 0.717) is 67.6 Å². The molecule has 0 amide bonds. The summed E-state index contributed by atoms with van der Waals surface area (Å²) in [5, 5.41) is 12.5. The number of rotatable bonds is 15. The summed E-state index contributed by atoms with van der Waals surface area (Å²) in [6.45, 7) is 0. The summed E-state index contributed by atoms with van der Waals surface area (Å²) in [5.74, 6) is 1.68. The first-order valence-electron chi connectivity index (χ1n) is 56.4. The van der Waals surface area contributed by atoms with Gasteiger partial charge in [-0.15, -0.1) is 0 Å². The number of aromatic nitrogens is 12. The van der Waals surface area contributed by atoms with Gasteiger partial charge >= 0.3 is 0 Å². The third kappa shape index (κ3) is 15.6. The minimum Gasteiger partial charge on any atom is -0.456 e. The molecule has 15 heteroatoms. The van der Waals surface area contributed by atoms with Crippen LogP contribution in [0.15, 0.2) is 522 Å². The molecule has 21 aromatic carbocycles. The van der Waals surface area contributed by atoms with E-state index < -0.39 is 54.4 Å². The number of benzene rings is 21. The highest BCUT2D eigenvalue weighted by atomic mass is 16.3. The highest BCUT2D eigenvalue weighted by molar-refractivity contribution is 6.21. The molecular formula is C135H84N12O3. The fraction of sp³-hybridized carbons (Fsp3) is 0. The van der Waals surface area contributed by atoms with Crippen molar-refractivity contribution in [3.8, 4) is 153 Å². The molecule has 0 radical (unpaired) electrons. The van der Waals surface area contributed by atoms with Gasteiger partial charge in [0, 0.05) is 98.5 Å². The molecule has 0 saturated heterocycles. The molecule has 0 aliphatic heterocycles. The van der Waals surface area contributed by atoms with Gasteiger partial charge in [-0.2, -0.15) is 0 Å². The Kier molecular flexibility index (Phi) is 17.9. The van der Waals surface area contributed by atoms with Gasteiger partial charge in [-0.1, -0.05) is 394 Å². The summed E-state index contributed by atoms with van der Waals surface area (Å²) >= 11 is 0. The summed E-state index contributed by atoms with van der Waals surface area (Å²) in [4.78, 5) is 42.5. The second kappa shape index (κ2) is 37.0. The van der Waals surface area contributed by atoms with Crippen molar-refractivity contribution in [3.05, 3.63) is 509 Å². The molecule has 15 nitrogen and oxygen atoms in total. The molecule has 150 heavy (non-hydrogen) atoms. The molecular weight excluding hydrogens is 1840 g/mol. The predicted octanol–water partition coefficient (Wildman–Crippen LogP) is 34.6. The lowest BCUT2D eigenvalue weighted by Gasteiger charge is -2.11. The van der Waals surface area contributed by atoms with Crippen LogP contribution in [0.1, 0.15) is 20.6 Å². The van der Waals surface area contributed by atoms with Gasteiger partial charge in [-0.25, -0.2) is 44.9 Å². The van der Waals surface area contributed by atoms with Crippen LogP contribution in [0, 0.1) is 0 Å². The van der Waals surface area contributed by atoms with Gasteiger partial charge in [0.2, 0.25) is 0 Å². The Morgan fingerprint density at radius 2 is 0.427 bits per heavy atom. The zero-order chi connectivity index (χ0) is 112. The van der Waals surface area contributed by atoms with Crippen molar-refractivity contribution >= 4 is 131 Å². The minimum absolute atomic E-state index is 0.0189. The summed E-state index contributed by atoms with van der Waals surface area (Å²) in [6, 6.07) is 133.